The van der Waals surface area contributed by atoms with Gasteiger partial charge in [-0.1, -0.05) is 42.5 Å². The molecular weight excluding hydrogens is 360 g/mol. The Balaban J connectivity index is 0.00000261. The summed E-state index contributed by atoms with van der Waals surface area (Å²) in [6.07, 6.45) is 2.68. The number of hydrogen-bond acceptors (Lipinski definition) is 4. The fourth-order valence-electron chi connectivity index (χ4n) is 2.70. The molecule has 4 nitrogen and oxygen atoms in total. The van der Waals surface area contributed by atoms with E-state index in [1.807, 2.05) is 54.7 Å². The van der Waals surface area contributed by atoms with Crippen LogP contribution in [0.15, 0.2) is 72.9 Å². The highest BCUT2D eigenvalue weighted by molar-refractivity contribution is 5.85. The van der Waals surface area contributed by atoms with Crippen molar-refractivity contribution in [2.75, 3.05) is 13.7 Å². The van der Waals surface area contributed by atoms with Gasteiger partial charge in [0.2, 0.25) is 0 Å². The molecule has 142 valence electrons. The lowest BCUT2D eigenvalue weighted by Gasteiger charge is -2.13. The van der Waals surface area contributed by atoms with Crippen molar-refractivity contribution >= 4 is 12.4 Å². The van der Waals surface area contributed by atoms with E-state index >= 15 is 0 Å². The van der Waals surface area contributed by atoms with Crippen LogP contribution in [0.4, 0.5) is 0 Å². The first-order valence-electron chi connectivity index (χ1n) is 8.79. The molecule has 0 saturated carbocycles. The van der Waals surface area contributed by atoms with Crippen molar-refractivity contribution < 1.29 is 9.47 Å². The summed E-state index contributed by atoms with van der Waals surface area (Å²) in [4.78, 5) is 4.31. The van der Waals surface area contributed by atoms with Crippen molar-refractivity contribution in [1.82, 2.24) is 10.3 Å². The van der Waals surface area contributed by atoms with E-state index in [1.165, 1.54) is 5.56 Å². The average molecular weight is 385 g/mol. The molecule has 0 unspecified atom stereocenters. The van der Waals surface area contributed by atoms with E-state index in [9.17, 15) is 0 Å². The van der Waals surface area contributed by atoms with Crippen LogP contribution in [0.2, 0.25) is 0 Å². The lowest BCUT2D eigenvalue weighted by atomic mass is 10.1. The van der Waals surface area contributed by atoms with Gasteiger partial charge < -0.3 is 14.8 Å². The second-order valence-electron chi connectivity index (χ2n) is 5.99. The van der Waals surface area contributed by atoms with Crippen LogP contribution < -0.4 is 14.8 Å². The van der Waals surface area contributed by atoms with Crippen LogP contribution in [-0.2, 0) is 19.5 Å². The summed E-state index contributed by atoms with van der Waals surface area (Å²) >= 11 is 0. The Hall–Kier alpha value is -2.56. The first-order valence-corrected chi connectivity index (χ1v) is 8.79. The summed E-state index contributed by atoms with van der Waals surface area (Å²) in [5.41, 5.74) is 3.44. The molecule has 0 bridgehead atoms. The lowest BCUT2D eigenvalue weighted by molar-refractivity contribution is 0.297. The maximum Gasteiger partial charge on any atom is 0.161 e. The third-order valence-corrected chi connectivity index (χ3v) is 4.08. The van der Waals surface area contributed by atoms with E-state index in [2.05, 4.69) is 28.5 Å². The van der Waals surface area contributed by atoms with Crippen molar-refractivity contribution in [1.29, 1.82) is 0 Å². The number of ether oxygens (including phenoxy) is 2. The summed E-state index contributed by atoms with van der Waals surface area (Å²) in [7, 11) is 1.67. The third-order valence-electron chi connectivity index (χ3n) is 4.08. The van der Waals surface area contributed by atoms with Crippen LogP contribution in [0.1, 0.15) is 16.8 Å². The van der Waals surface area contributed by atoms with Gasteiger partial charge in [0.1, 0.15) is 0 Å². The maximum atomic E-state index is 5.91. The summed E-state index contributed by atoms with van der Waals surface area (Å²) in [6, 6.07) is 22.3. The highest BCUT2D eigenvalue weighted by atomic mass is 35.5. The van der Waals surface area contributed by atoms with E-state index < -0.39 is 0 Å². The monoisotopic (exact) mass is 384 g/mol. The minimum Gasteiger partial charge on any atom is -0.493 e. The topological polar surface area (TPSA) is 43.4 Å². The molecule has 1 heterocycles. The van der Waals surface area contributed by atoms with Crippen LogP contribution in [-0.4, -0.2) is 18.7 Å². The molecule has 0 atom stereocenters. The molecule has 0 aliphatic carbocycles. The highest BCUT2D eigenvalue weighted by Gasteiger charge is 2.06. The Morgan fingerprint density at radius 3 is 2.41 bits per heavy atom. The normalized spacial score (nSPS) is 10.1. The van der Waals surface area contributed by atoms with Gasteiger partial charge in [-0.2, -0.15) is 0 Å². The Labute approximate surface area is 167 Å². The first-order chi connectivity index (χ1) is 12.8. The molecule has 0 spiro atoms. The van der Waals surface area contributed by atoms with Crippen LogP contribution in [0.3, 0.4) is 0 Å². The Morgan fingerprint density at radius 1 is 0.852 bits per heavy atom. The number of hydrogen-bond donors (Lipinski definition) is 1. The fraction of sp³-hybridized carbons (Fsp3) is 0.227. The van der Waals surface area contributed by atoms with Gasteiger partial charge >= 0.3 is 0 Å². The number of rotatable bonds is 9. The van der Waals surface area contributed by atoms with E-state index in [4.69, 9.17) is 9.47 Å². The summed E-state index contributed by atoms with van der Waals surface area (Å²) in [6.45, 7) is 2.10. The zero-order valence-electron chi connectivity index (χ0n) is 15.4. The second-order valence-corrected chi connectivity index (χ2v) is 5.99. The molecule has 27 heavy (non-hydrogen) atoms. The molecule has 2 aromatic carbocycles. The van der Waals surface area contributed by atoms with E-state index in [-0.39, 0.29) is 12.4 Å². The number of benzene rings is 2. The number of pyridine rings is 1. The Kier molecular flexibility index (Phi) is 8.62. The summed E-state index contributed by atoms with van der Waals surface area (Å²) in [5, 5.41) is 3.39. The van der Waals surface area contributed by atoms with Crippen molar-refractivity contribution in [3.05, 3.63) is 89.7 Å². The van der Waals surface area contributed by atoms with Gasteiger partial charge in [-0.3, -0.25) is 4.98 Å². The molecule has 0 saturated heterocycles. The van der Waals surface area contributed by atoms with Crippen molar-refractivity contribution in [3.63, 3.8) is 0 Å². The molecule has 0 fully saturated rings. The van der Waals surface area contributed by atoms with Crippen molar-refractivity contribution in [2.24, 2.45) is 0 Å². The van der Waals surface area contributed by atoms with Gasteiger partial charge in [0.25, 0.3) is 0 Å². The van der Waals surface area contributed by atoms with Crippen LogP contribution >= 0.6 is 12.4 Å². The van der Waals surface area contributed by atoms with E-state index in [1.54, 1.807) is 7.11 Å². The van der Waals surface area contributed by atoms with Crippen LogP contribution in [0.5, 0.6) is 11.5 Å². The molecular formula is C22H25ClN2O2. The molecule has 3 rings (SSSR count). The first kappa shape index (κ1) is 20.7. The number of methoxy groups -OCH3 is 1. The molecule has 1 N–H and O–H groups in total. The third kappa shape index (κ3) is 6.59. The molecule has 0 amide bonds. The lowest BCUT2D eigenvalue weighted by Crippen LogP contribution is -2.13. The molecule has 0 aliphatic heterocycles. The van der Waals surface area contributed by atoms with Crippen LogP contribution in [0, 0.1) is 0 Å². The van der Waals surface area contributed by atoms with Gasteiger partial charge in [0.05, 0.1) is 19.4 Å². The predicted octanol–water partition coefficient (Wildman–Crippen LogP) is 4.42. The SMILES string of the molecule is COc1cc(CNCc2ccccn2)ccc1OCCc1ccccc1.Cl. The smallest absolute Gasteiger partial charge is 0.161 e. The number of nitrogens with one attached hydrogen (secondary N) is 1. The number of nitrogens with zero attached hydrogens (tertiary/aromatic N) is 1. The van der Waals surface area contributed by atoms with Crippen LogP contribution in [0.25, 0.3) is 0 Å². The average Bonchev–Trinajstić information content (AvgIpc) is 2.70. The van der Waals surface area contributed by atoms with Crippen molar-refractivity contribution in [3.8, 4) is 11.5 Å². The molecule has 0 radical (unpaired) electrons. The summed E-state index contributed by atoms with van der Waals surface area (Å²) < 4.78 is 11.4. The number of halogens is 1. The van der Waals surface area contributed by atoms with Crippen molar-refractivity contribution in [2.45, 2.75) is 19.5 Å². The molecule has 0 aliphatic rings. The highest BCUT2D eigenvalue weighted by Crippen LogP contribution is 2.28. The van der Waals surface area contributed by atoms with Gasteiger partial charge in [-0.15, -0.1) is 12.4 Å². The van der Waals surface area contributed by atoms with Gasteiger partial charge in [0.15, 0.2) is 11.5 Å². The molecule has 5 heteroatoms. The standard InChI is InChI=1S/C22H24N2O2.ClH/c1-25-22-15-19(16-23-17-20-9-5-6-13-24-20)10-11-21(22)26-14-12-18-7-3-2-4-8-18;/h2-11,13,15,23H,12,14,16-17H2,1H3;1H. The zero-order chi connectivity index (χ0) is 18.0. The second kappa shape index (κ2) is 11.2. The minimum atomic E-state index is 0. The van der Waals surface area contributed by atoms with Gasteiger partial charge in [-0.25, -0.2) is 0 Å². The van der Waals surface area contributed by atoms with E-state index in [0.29, 0.717) is 6.61 Å². The van der Waals surface area contributed by atoms with Gasteiger partial charge in [0, 0.05) is 25.7 Å². The number of aromatic nitrogens is 1. The Bertz CT molecular complexity index is 798. The predicted molar refractivity (Wildman–Crippen MR) is 111 cm³/mol. The minimum absolute atomic E-state index is 0. The molecule has 1 aromatic heterocycles. The maximum absolute atomic E-state index is 5.91. The fourth-order valence-corrected chi connectivity index (χ4v) is 2.70. The molecule has 3 aromatic rings. The summed E-state index contributed by atoms with van der Waals surface area (Å²) in [5.74, 6) is 1.53. The quantitative estimate of drug-likeness (QED) is 0.593. The van der Waals surface area contributed by atoms with E-state index in [0.717, 1.165) is 42.3 Å². The van der Waals surface area contributed by atoms with Gasteiger partial charge in [-0.05, 0) is 35.4 Å². The zero-order valence-corrected chi connectivity index (χ0v) is 16.2. The Morgan fingerprint density at radius 2 is 1.67 bits per heavy atom. The largest absolute Gasteiger partial charge is 0.493 e.